The summed E-state index contributed by atoms with van der Waals surface area (Å²) >= 11 is 2.80. The van der Waals surface area contributed by atoms with Gasteiger partial charge in [-0.25, -0.2) is 4.98 Å². The number of methoxy groups -OCH3 is 1. The van der Waals surface area contributed by atoms with Gasteiger partial charge in [-0.1, -0.05) is 42.1 Å². The van der Waals surface area contributed by atoms with E-state index < -0.39 is 0 Å². The van der Waals surface area contributed by atoms with Crippen LogP contribution in [0, 0.1) is 0 Å². The van der Waals surface area contributed by atoms with Crippen LogP contribution >= 0.6 is 23.1 Å². The third kappa shape index (κ3) is 5.05. The predicted octanol–water partition coefficient (Wildman–Crippen LogP) is 4.05. The maximum atomic E-state index is 12.4. The van der Waals surface area contributed by atoms with Gasteiger partial charge in [0.15, 0.2) is 10.3 Å². The molecule has 2 aromatic heterocycles. The number of hydrogen-bond donors (Lipinski definition) is 1. The molecule has 2 aromatic carbocycles. The number of nitrogens with one attached hydrogen (secondary N) is 1. The average Bonchev–Trinajstić information content (AvgIpc) is 3.42. The molecule has 4 aromatic rings. The van der Waals surface area contributed by atoms with E-state index >= 15 is 0 Å². The lowest BCUT2D eigenvalue weighted by atomic mass is 10.1. The molecule has 152 valence electrons. The summed E-state index contributed by atoms with van der Waals surface area (Å²) in [6.45, 7) is 0. The summed E-state index contributed by atoms with van der Waals surface area (Å²) in [7, 11) is 1.63. The molecule has 1 amide bonds. The summed E-state index contributed by atoms with van der Waals surface area (Å²) in [6.07, 6.45) is 4.23. The van der Waals surface area contributed by atoms with Crippen LogP contribution in [0.4, 0.5) is 5.13 Å². The molecule has 0 saturated heterocycles. The zero-order valence-corrected chi connectivity index (χ0v) is 17.8. The van der Waals surface area contributed by atoms with Crippen molar-refractivity contribution >= 4 is 34.1 Å². The van der Waals surface area contributed by atoms with Crippen molar-refractivity contribution in [1.29, 1.82) is 0 Å². The lowest BCUT2D eigenvalue weighted by Gasteiger charge is -2.07. The maximum absolute atomic E-state index is 12.4. The molecule has 0 bridgehead atoms. The first kappa shape index (κ1) is 20.1. The highest BCUT2D eigenvalue weighted by Crippen LogP contribution is 2.23. The number of thiazole rings is 1. The normalized spacial score (nSPS) is 10.7. The predicted molar refractivity (Wildman–Crippen MR) is 119 cm³/mol. The molecule has 0 aliphatic carbocycles. The Bertz CT molecular complexity index is 1110. The Balaban J connectivity index is 1.33. The first-order valence-electron chi connectivity index (χ1n) is 9.17. The topological polar surface area (TPSA) is 81.9 Å². The van der Waals surface area contributed by atoms with Crippen molar-refractivity contribution in [2.75, 3.05) is 18.2 Å². The molecule has 0 atom stereocenters. The molecule has 0 unspecified atom stereocenters. The van der Waals surface area contributed by atoms with Crippen LogP contribution in [0.5, 0.6) is 5.75 Å². The van der Waals surface area contributed by atoms with Gasteiger partial charge in [-0.3, -0.25) is 9.36 Å². The number of carbonyl (C=O) groups excluding carboxylic acids is 1. The highest BCUT2D eigenvalue weighted by atomic mass is 32.2. The van der Waals surface area contributed by atoms with E-state index in [0.717, 1.165) is 22.7 Å². The molecule has 0 aliphatic rings. The van der Waals surface area contributed by atoms with Crippen molar-refractivity contribution in [3.8, 4) is 11.4 Å². The Morgan fingerprint density at radius 1 is 1.17 bits per heavy atom. The minimum Gasteiger partial charge on any atom is -0.497 e. The Morgan fingerprint density at radius 3 is 2.73 bits per heavy atom. The van der Waals surface area contributed by atoms with Crippen LogP contribution in [0.25, 0.3) is 5.69 Å². The number of amides is 1. The van der Waals surface area contributed by atoms with Gasteiger partial charge in [0.25, 0.3) is 0 Å². The zero-order chi connectivity index (χ0) is 20.8. The maximum Gasteiger partial charge on any atom is 0.236 e. The summed E-state index contributed by atoms with van der Waals surface area (Å²) in [5.41, 5.74) is 2.11. The van der Waals surface area contributed by atoms with Gasteiger partial charge in [-0.2, -0.15) is 0 Å². The quantitative estimate of drug-likeness (QED) is 0.419. The molecule has 2 heterocycles. The summed E-state index contributed by atoms with van der Waals surface area (Å²) in [5.74, 6) is 0.850. The summed E-state index contributed by atoms with van der Waals surface area (Å²) in [4.78, 5) is 17.8. The van der Waals surface area contributed by atoms with E-state index in [0.29, 0.717) is 10.3 Å². The second kappa shape index (κ2) is 9.55. The molecule has 0 saturated carbocycles. The van der Waals surface area contributed by atoms with Gasteiger partial charge >= 0.3 is 0 Å². The number of ether oxygens (including phenoxy) is 1. The van der Waals surface area contributed by atoms with Gasteiger partial charge in [0.2, 0.25) is 5.91 Å². The van der Waals surface area contributed by atoms with Crippen LogP contribution in [0.3, 0.4) is 0 Å². The minimum absolute atomic E-state index is 0.134. The third-order valence-electron chi connectivity index (χ3n) is 4.22. The number of benzene rings is 2. The van der Waals surface area contributed by atoms with E-state index in [-0.39, 0.29) is 11.7 Å². The molecular weight excluding hydrogens is 418 g/mol. The van der Waals surface area contributed by atoms with E-state index in [1.807, 2.05) is 47.0 Å². The van der Waals surface area contributed by atoms with Crippen molar-refractivity contribution < 1.29 is 9.53 Å². The third-order valence-corrected chi connectivity index (χ3v) is 6.08. The molecule has 0 radical (unpaired) electrons. The van der Waals surface area contributed by atoms with Gasteiger partial charge in [-0.05, 0) is 29.8 Å². The van der Waals surface area contributed by atoms with E-state index in [2.05, 4.69) is 32.6 Å². The molecule has 0 fully saturated rings. The van der Waals surface area contributed by atoms with E-state index in [1.165, 1.54) is 28.7 Å². The Morgan fingerprint density at radius 2 is 1.97 bits per heavy atom. The van der Waals surface area contributed by atoms with Crippen molar-refractivity contribution in [3.05, 3.63) is 77.6 Å². The number of rotatable bonds is 8. The van der Waals surface area contributed by atoms with Crippen LogP contribution in [0.15, 0.2) is 72.3 Å². The van der Waals surface area contributed by atoms with E-state index in [4.69, 9.17) is 4.74 Å². The van der Waals surface area contributed by atoms with Crippen molar-refractivity contribution in [2.24, 2.45) is 0 Å². The second-order valence-electron chi connectivity index (χ2n) is 6.31. The fourth-order valence-electron chi connectivity index (χ4n) is 2.77. The molecule has 30 heavy (non-hydrogen) atoms. The molecule has 0 spiro atoms. The number of hydrogen-bond acceptors (Lipinski definition) is 7. The standard InChI is InChI=1S/C21H19N5O2S2/c1-28-17-9-7-16(8-10-17)26-14-23-25-21(26)29-13-19(27)24-20-22-12-18(30-20)11-15-5-3-2-4-6-15/h2-10,12,14H,11,13H2,1H3,(H,22,24,27). The molecule has 7 nitrogen and oxygen atoms in total. The number of anilines is 1. The second-order valence-corrected chi connectivity index (χ2v) is 8.37. The lowest BCUT2D eigenvalue weighted by molar-refractivity contribution is -0.113. The van der Waals surface area contributed by atoms with Crippen molar-refractivity contribution in [2.45, 2.75) is 11.6 Å². The number of carbonyl (C=O) groups is 1. The average molecular weight is 438 g/mol. The first-order valence-corrected chi connectivity index (χ1v) is 11.0. The summed E-state index contributed by atoms with van der Waals surface area (Å²) < 4.78 is 7.02. The van der Waals surface area contributed by atoms with Crippen LogP contribution in [0.1, 0.15) is 10.4 Å². The SMILES string of the molecule is COc1ccc(-n2cnnc2SCC(=O)Nc2ncc(Cc3ccccc3)s2)cc1. The van der Waals surface area contributed by atoms with Crippen LogP contribution in [0.2, 0.25) is 0 Å². The smallest absolute Gasteiger partial charge is 0.236 e. The highest BCUT2D eigenvalue weighted by Gasteiger charge is 2.12. The van der Waals surface area contributed by atoms with Gasteiger partial charge in [0, 0.05) is 23.2 Å². The number of nitrogens with zero attached hydrogens (tertiary/aromatic N) is 4. The number of thioether (sulfide) groups is 1. The fraction of sp³-hybridized carbons (Fsp3) is 0.143. The van der Waals surface area contributed by atoms with Gasteiger partial charge in [0.05, 0.1) is 12.9 Å². The van der Waals surface area contributed by atoms with E-state index in [9.17, 15) is 4.79 Å². The first-order chi connectivity index (χ1) is 14.7. The Hall–Kier alpha value is -3.17. The highest BCUT2D eigenvalue weighted by molar-refractivity contribution is 7.99. The van der Waals surface area contributed by atoms with Crippen LogP contribution in [-0.4, -0.2) is 38.5 Å². The largest absolute Gasteiger partial charge is 0.497 e. The van der Waals surface area contributed by atoms with E-state index in [1.54, 1.807) is 19.6 Å². The fourth-order valence-corrected chi connectivity index (χ4v) is 4.36. The number of aromatic nitrogens is 4. The minimum atomic E-state index is -0.134. The van der Waals surface area contributed by atoms with Crippen LogP contribution in [-0.2, 0) is 11.2 Å². The Kier molecular flexibility index (Phi) is 6.41. The summed E-state index contributed by atoms with van der Waals surface area (Å²) in [5, 5.41) is 12.2. The van der Waals surface area contributed by atoms with Crippen LogP contribution < -0.4 is 10.1 Å². The monoisotopic (exact) mass is 437 g/mol. The molecular formula is C21H19N5O2S2. The van der Waals surface area contributed by atoms with Crippen molar-refractivity contribution in [3.63, 3.8) is 0 Å². The van der Waals surface area contributed by atoms with Gasteiger partial charge < -0.3 is 10.1 Å². The molecule has 4 rings (SSSR count). The molecule has 1 N–H and O–H groups in total. The van der Waals surface area contributed by atoms with Crippen molar-refractivity contribution in [1.82, 2.24) is 19.7 Å². The van der Waals surface area contributed by atoms with Gasteiger partial charge in [0.1, 0.15) is 12.1 Å². The zero-order valence-electron chi connectivity index (χ0n) is 16.2. The molecule has 9 heteroatoms. The van der Waals surface area contributed by atoms with Gasteiger partial charge in [-0.15, -0.1) is 21.5 Å². The Labute approximate surface area is 182 Å². The lowest BCUT2D eigenvalue weighted by Crippen LogP contribution is -2.14. The molecule has 0 aliphatic heterocycles. The summed E-state index contributed by atoms with van der Waals surface area (Å²) in [6, 6.07) is 17.7.